The molecule has 1 unspecified atom stereocenters. The zero-order valence-electron chi connectivity index (χ0n) is 21.6. The first kappa shape index (κ1) is 25.4. The zero-order valence-corrected chi connectivity index (χ0v) is 21.6. The van der Waals surface area contributed by atoms with E-state index in [0.717, 1.165) is 49.8 Å². The van der Waals surface area contributed by atoms with Crippen molar-refractivity contribution in [1.82, 2.24) is 20.3 Å². The van der Waals surface area contributed by atoms with Crippen LogP contribution in [0.5, 0.6) is 0 Å². The topological polar surface area (TPSA) is 127 Å². The van der Waals surface area contributed by atoms with Gasteiger partial charge in [0.15, 0.2) is 5.69 Å². The van der Waals surface area contributed by atoms with Gasteiger partial charge in [-0.05, 0) is 56.2 Å². The van der Waals surface area contributed by atoms with Gasteiger partial charge in [0.05, 0.1) is 11.1 Å². The Hall–Kier alpha value is -3.27. The Morgan fingerprint density at radius 3 is 2.51 bits per heavy atom. The van der Waals surface area contributed by atoms with E-state index >= 15 is 0 Å². The first-order valence-corrected chi connectivity index (χ1v) is 13.4. The van der Waals surface area contributed by atoms with Crippen molar-refractivity contribution < 1.29 is 19.1 Å². The molecule has 1 aromatic heterocycles. The number of aromatic nitrogens is 3. The Morgan fingerprint density at radius 2 is 1.84 bits per heavy atom. The summed E-state index contributed by atoms with van der Waals surface area (Å²) in [5.41, 5.74) is 2.60. The number of hydrogen-bond donors (Lipinski definition) is 3. The van der Waals surface area contributed by atoms with Crippen molar-refractivity contribution in [3.63, 3.8) is 0 Å². The fraction of sp³-hybridized carbons (Fsp3) is 0.593. The van der Waals surface area contributed by atoms with Crippen molar-refractivity contribution in [3.05, 3.63) is 35.2 Å². The average molecular weight is 509 g/mol. The van der Waals surface area contributed by atoms with E-state index in [9.17, 15) is 14.4 Å². The predicted octanol–water partition coefficient (Wildman–Crippen LogP) is 3.22. The second-order valence-corrected chi connectivity index (χ2v) is 10.6. The Kier molecular flexibility index (Phi) is 7.28. The molecule has 1 aromatic carbocycles. The highest BCUT2D eigenvalue weighted by molar-refractivity contribution is 6.07. The Labute approximate surface area is 216 Å². The molecule has 2 aliphatic heterocycles. The number of benzene rings is 1. The number of ether oxygens (including phenoxy) is 1. The number of nitrogens with zero attached hydrogens (tertiary/aromatic N) is 3. The van der Waals surface area contributed by atoms with Gasteiger partial charge in [0.1, 0.15) is 6.04 Å². The number of aryl methyl sites for hydroxylation is 1. The van der Waals surface area contributed by atoms with Crippen LogP contribution in [0.2, 0.25) is 0 Å². The minimum atomic E-state index is -0.698. The van der Waals surface area contributed by atoms with Crippen molar-refractivity contribution in [2.24, 2.45) is 13.0 Å². The molecule has 10 nitrogen and oxygen atoms in total. The van der Waals surface area contributed by atoms with Crippen LogP contribution in [0, 0.1) is 12.8 Å². The largest absolute Gasteiger partial charge is 0.381 e. The molecule has 1 saturated carbocycles. The summed E-state index contributed by atoms with van der Waals surface area (Å²) in [6.07, 6.45) is 8.60. The van der Waals surface area contributed by atoms with Gasteiger partial charge in [-0.3, -0.25) is 19.1 Å². The Bertz CT molecular complexity index is 1180. The molecule has 0 bridgehead atoms. The number of carbonyl (C=O) groups excluding carboxylic acids is 3. The van der Waals surface area contributed by atoms with Gasteiger partial charge in [-0.2, -0.15) is 0 Å². The molecular weight excluding hydrogens is 472 g/mol. The molecular formula is C27H36N6O4. The molecule has 198 valence electrons. The highest BCUT2D eigenvalue weighted by Gasteiger charge is 2.47. The minimum absolute atomic E-state index is 0.00622. The Morgan fingerprint density at radius 1 is 1.14 bits per heavy atom. The number of hydrogen-bond acceptors (Lipinski definition) is 6. The van der Waals surface area contributed by atoms with E-state index in [0.29, 0.717) is 37.4 Å². The third-order valence-corrected chi connectivity index (χ3v) is 8.34. The van der Waals surface area contributed by atoms with Crippen LogP contribution in [0.15, 0.2) is 18.2 Å². The number of carbonyl (C=O) groups is 3. The van der Waals surface area contributed by atoms with Gasteiger partial charge >= 0.3 is 0 Å². The summed E-state index contributed by atoms with van der Waals surface area (Å²) in [6.45, 7) is 2.89. The van der Waals surface area contributed by atoms with Crippen LogP contribution in [-0.2, 0) is 26.8 Å². The summed E-state index contributed by atoms with van der Waals surface area (Å²) >= 11 is 0. The van der Waals surface area contributed by atoms with Crippen molar-refractivity contribution in [3.8, 4) is 0 Å². The molecule has 1 aliphatic carbocycles. The Balaban J connectivity index is 1.37. The maximum absolute atomic E-state index is 13.7. The lowest BCUT2D eigenvalue weighted by Crippen LogP contribution is -2.49. The van der Waals surface area contributed by atoms with Crippen LogP contribution in [0.1, 0.15) is 79.5 Å². The fourth-order valence-electron chi connectivity index (χ4n) is 5.99. The van der Waals surface area contributed by atoms with Gasteiger partial charge < -0.3 is 20.7 Å². The summed E-state index contributed by atoms with van der Waals surface area (Å²) in [4.78, 5) is 39.7. The molecule has 1 atom stereocenters. The van der Waals surface area contributed by atoms with Gasteiger partial charge in [-0.1, -0.05) is 43.4 Å². The van der Waals surface area contributed by atoms with E-state index in [4.69, 9.17) is 4.74 Å². The van der Waals surface area contributed by atoms with E-state index < -0.39 is 17.4 Å². The minimum Gasteiger partial charge on any atom is -0.381 e. The first-order valence-electron chi connectivity index (χ1n) is 13.4. The molecule has 3 amide bonds. The van der Waals surface area contributed by atoms with Crippen molar-refractivity contribution in [2.45, 2.75) is 76.2 Å². The average Bonchev–Trinajstić information content (AvgIpc) is 3.33. The molecule has 0 radical (unpaired) electrons. The molecule has 2 aromatic rings. The smallest absolute Gasteiger partial charge is 0.274 e. The second kappa shape index (κ2) is 10.6. The molecule has 5 rings (SSSR count). The van der Waals surface area contributed by atoms with Gasteiger partial charge in [-0.25, -0.2) is 0 Å². The predicted molar refractivity (Wildman–Crippen MR) is 138 cm³/mol. The van der Waals surface area contributed by atoms with Crippen LogP contribution >= 0.6 is 0 Å². The van der Waals surface area contributed by atoms with Crippen LogP contribution in [0.4, 0.5) is 11.4 Å². The van der Waals surface area contributed by atoms with Crippen molar-refractivity contribution in [1.29, 1.82) is 0 Å². The van der Waals surface area contributed by atoms with E-state index in [1.54, 1.807) is 18.7 Å². The lowest BCUT2D eigenvalue weighted by molar-refractivity contribution is -0.124. The van der Waals surface area contributed by atoms with Crippen LogP contribution in [0.3, 0.4) is 0 Å². The maximum Gasteiger partial charge on any atom is 0.274 e. The third kappa shape index (κ3) is 4.99. The standard InChI is InChI=1S/C27H36N6O4/c1-17-22(31-32-33(17)2)24(34)30-23(18-8-6-4-3-5-7-9-18)25(35)28-19-10-11-20-21(16-19)29-26(36)27(20)12-14-37-15-13-27/h10-11,16,18,23H,3-9,12-15H2,1-2H3,(H,28,35)(H,29,36)(H,30,34). The van der Waals surface area contributed by atoms with Gasteiger partial charge in [-0.15, -0.1) is 5.10 Å². The quantitative estimate of drug-likeness (QED) is 0.569. The van der Waals surface area contributed by atoms with Gasteiger partial charge in [0, 0.05) is 31.6 Å². The van der Waals surface area contributed by atoms with Crippen molar-refractivity contribution >= 4 is 29.1 Å². The lowest BCUT2D eigenvalue weighted by Gasteiger charge is -2.31. The second-order valence-electron chi connectivity index (χ2n) is 10.6. The number of nitrogens with one attached hydrogen (secondary N) is 3. The van der Waals surface area contributed by atoms with Crippen molar-refractivity contribution in [2.75, 3.05) is 23.8 Å². The molecule has 3 aliphatic rings. The lowest BCUT2D eigenvalue weighted by atomic mass is 9.75. The molecule has 1 saturated heterocycles. The van der Waals surface area contributed by atoms with E-state index in [2.05, 4.69) is 26.3 Å². The highest BCUT2D eigenvalue weighted by Crippen LogP contribution is 2.45. The van der Waals surface area contributed by atoms with Gasteiger partial charge in [0.2, 0.25) is 11.8 Å². The summed E-state index contributed by atoms with van der Waals surface area (Å²) in [7, 11) is 1.73. The van der Waals surface area contributed by atoms with E-state index in [1.165, 1.54) is 6.42 Å². The number of amides is 3. The number of rotatable bonds is 5. The molecule has 1 spiro atoms. The zero-order chi connectivity index (χ0) is 26.0. The third-order valence-electron chi connectivity index (χ3n) is 8.34. The van der Waals surface area contributed by atoms with E-state index in [1.807, 2.05) is 18.2 Å². The van der Waals surface area contributed by atoms with Crippen LogP contribution < -0.4 is 16.0 Å². The van der Waals surface area contributed by atoms with E-state index in [-0.39, 0.29) is 23.4 Å². The summed E-state index contributed by atoms with van der Waals surface area (Å²) in [5, 5.41) is 16.9. The summed E-state index contributed by atoms with van der Waals surface area (Å²) in [6, 6.07) is 4.90. The van der Waals surface area contributed by atoms with Crippen LogP contribution in [-0.4, -0.2) is 52.0 Å². The van der Waals surface area contributed by atoms with Crippen LogP contribution in [0.25, 0.3) is 0 Å². The normalized spacial score (nSPS) is 20.4. The molecule has 37 heavy (non-hydrogen) atoms. The molecule has 10 heteroatoms. The molecule has 3 heterocycles. The fourth-order valence-corrected chi connectivity index (χ4v) is 5.99. The summed E-state index contributed by atoms with van der Waals surface area (Å²) in [5.74, 6) is -0.629. The number of anilines is 2. The summed E-state index contributed by atoms with van der Waals surface area (Å²) < 4.78 is 7.03. The molecule has 2 fully saturated rings. The number of fused-ring (bicyclic) bond motifs is 2. The monoisotopic (exact) mass is 508 g/mol. The first-order chi connectivity index (χ1) is 17.9. The van der Waals surface area contributed by atoms with Gasteiger partial charge in [0.25, 0.3) is 5.91 Å². The SMILES string of the molecule is Cc1c(C(=O)NC(C(=O)Nc2ccc3c(c2)NC(=O)C32CCOCC2)C2CCCCCCC2)nnn1C. The highest BCUT2D eigenvalue weighted by atomic mass is 16.5. The molecule has 3 N–H and O–H groups in total. The maximum atomic E-state index is 13.7.